The van der Waals surface area contributed by atoms with Crippen LogP contribution in [0, 0.1) is 0 Å². The van der Waals surface area contributed by atoms with Crippen molar-refractivity contribution in [1.82, 2.24) is 0 Å². The molecule has 0 aromatic rings. The zero-order chi connectivity index (χ0) is 12.6. The van der Waals surface area contributed by atoms with Crippen molar-refractivity contribution in [3.05, 3.63) is 12.2 Å². The summed E-state index contributed by atoms with van der Waals surface area (Å²) in [5.41, 5.74) is 0.299. The highest BCUT2D eigenvalue weighted by molar-refractivity contribution is 6.33. The van der Waals surface area contributed by atoms with E-state index in [1.54, 1.807) is 6.92 Å². The Labute approximate surface area is 99.1 Å². The van der Waals surface area contributed by atoms with Crippen LogP contribution < -0.4 is 0 Å². The number of aliphatic hydroxyl groups is 2. The van der Waals surface area contributed by atoms with E-state index in [4.69, 9.17) is 9.84 Å². The van der Waals surface area contributed by atoms with Crippen LogP contribution in [-0.2, 0) is 9.53 Å². The summed E-state index contributed by atoms with van der Waals surface area (Å²) in [5.74, 6) is -0.517. The Bertz CT molecular complexity index is 230. The Morgan fingerprint density at radius 2 is 2.19 bits per heavy atom. The number of hydrogen-bond acceptors (Lipinski definition) is 4. The summed E-state index contributed by atoms with van der Waals surface area (Å²) in [5, 5.41) is 18.3. The van der Waals surface area contributed by atoms with E-state index < -0.39 is 24.8 Å². The van der Waals surface area contributed by atoms with Crippen LogP contribution >= 0.6 is 0 Å². The highest BCUT2D eigenvalue weighted by atomic mass is 28.2. The first-order valence-corrected chi connectivity index (χ1v) is 7.03. The van der Waals surface area contributed by atoms with Gasteiger partial charge >= 0.3 is 5.97 Å². The third kappa shape index (κ3) is 6.04. The molecular weight excluding hydrogens is 224 g/mol. The van der Waals surface area contributed by atoms with E-state index in [1.165, 1.54) is 0 Å². The predicted octanol–water partition coefficient (Wildman–Crippen LogP) is 0.778. The van der Waals surface area contributed by atoms with E-state index >= 15 is 0 Å². The molecule has 16 heavy (non-hydrogen) atoms. The smallest absolute Gasteiger partial charge is 0.333 e. The Balaban J connectivity index is 4.20. The summed E-state index contributed by atoms with van der Waals surface area (Å²) < 4.78 is 5.07. The molecule has 0 rings (SSSR count). The Morgan fingerprint density at radius 3 is 2.62 bits per heavy atom. The van der Waals surface area contributed by atoms with Gasteiger partial charge in [-0.1, -0.05) is 25.6 Å². The van der Waals surface area contributed by atoms with Crippen molar-refractivity contribution >= 4 is 15.5 Å². The molecule has 0 aromatic carbocycles. The number of aliphatic hydroxyl groups excluding tert-OH is 2. The maximum absolute atomic E-state index is 11.3. The molecule has 2 atom stereocenters. The second-order valence-electron chi connectivity index (χ2n) is 3.72. The normalized spacial score (nSPS) is 14.2. The molecule has 2 unspecified atom stereocenters. The summed E-state index contributed by atoms with van der Waals surface area (Å²) in [6, 6.07) is 1.04. The van der Waals surface area contributed by atoms with Crippen molar-refractivity contribution < 1.29 is 19.7 Å². The van der Waals surface area contributed by atoms with E-state index in [-0.39, 0.29) is 0 Å². The average molecular weight is 244 g/mol. The largest absolute Gasteiger partial charge is 0.456 e. The van der Waals surface area contributed by atoms with E-state index in [9.17, 15) is 9.90 Å². The fraction of sp³-hybridized carbons (Fsp3) is 0.727. The summed E-state index contributed by atoms with van der Waals surface area (Å²) >= 11 is 0. The molecule has 2 radical (unpaired) electrons. The summed E-state index contributed by atoms with van der Waals surface area (Å²) in [4.78, 5) is 11.3. The number of hydrogen-bond donors (Lipinski definition) is 2. The van der Waals surface area contributed by atoms with Gasteiger partial charge < -0.3 is 14.9 Å². The van der Waals surface area contributed by atoms with E-state index in [1.807, 2.05) is 0 Å². The van der Waals surface area contributed by atoms with Gasteiger partial charge in [-0.25, -0.2) is 4.79 Å². The molecule has 0 amide bonds. The standard InChI is InChI=1S/C11H20O4Si/c1-8(2)11(14)15-10(9(13)7-12)5-4-6-16-3/h9-10,12-13H,1,4-7H2,2-3H3. The fourth-order valence-electron chi connectivity index (χ4n) is 1.17. The van der Waals surface area contributed by atoms with Crippen LogP contribution in [0.2, 0.25) is 12.6 Å². The number of carbonyl (C=O) groups is 1. The minimum atomic E-state index is -1.01. The summed E-state index contributed by atoms with van der Waals surface area (Å²) in [6.45, 7) is 6.72. The first-order chi connectivity index (χ1) is 7.52. The molecule has 0 aliphatic heterocycles. The predicted molar refractivity (Wildman–Crippen MR) is 63.4 cm³/mol. The highest BCUT2D eigenvalue weighted by Crippen LogP contribution is 2.11. The van der Waals surface area contributed by atoms with Crippen LogP contribution in [0.5, 0.6) is 0 Å². The zero-order valence-corrected chi connectivity index (χ0v) is 10.9. The van der Waals surface area contributed by atoms with Gasteiger partial charge in [0.15, 0.2) is 0 Å². The summed E-state index contributed by atoms with van der Waals surface area (Å²) in [6.07, 6.45) is -0.198. The molecule has 0 aromatic heterocycles. The van der Waals surface area contributed by atoms with Crippen LogP contribution in [0.25, 0.3) is 0 Å². The molecule has 0 spiro atoms. The quantitative estimate of drug-likeness (QED) is 0.286. The molecule has 0 aliphatic rings. The van der Waals surface area contributed by atoms with Gasteiger partial charge in [-0.2, -0.15) is 0 Å². The maximum atomic E-state index is 11.3. The van der Waals surface area contributed by atoms with Crippen LogP contribution in [0.3, 0.4) is 0 Å². The van der Waals surface area contributed by atoms with Gasteiger partial charge in [-0.05, 0) is 13.3 Å². The zero-order valence-electron chi connectivity index (χ0n) is 9.90. The van der Waals surface area contributed by atoms with Crippen molar-refractivity contribution in [3.8, 4) is 0 Å². The first-order valence-electron chi connectivity index (χ1n) is 5.33. The van der Waals surface area contributed by atoms with Gasteiger partial charge in [0.2, 0.25) is 0 Å². The third-order valence-corrected chi connectivity index (χ3v) is 2.99. The Hall–Kier alpha value is -0.653. The maximum Gasteiger partial charge on any atom is 0.333 e. The number of ether oxygens (including phenoxy) is 1. The second kappa shape index (κ2) is 8.49. The topological polar surface area (TPSA) is 66.8 Å². The molecule has 0 fully saturated rings. The van der Waals surface area contributed by atoms with Crippen LogP contribution in [-0.4, -0.2) is 44.5 Å². The van der Waals surface area contributed by atoms with E-state index in [2.05, 4.69) is 13.1 Å². The fourth-order valence-corrected chi connectivity index (χ4v) is 1.72. The molecule has 0 heterocycles. The van der Waals surface area contributed by atoms with Crippen LogP contribution in [0.1, 0.15) is 19.8 Å². The molecule has 92 valence electrons. The molecule has 0 saturated heterocycles. The highest BCUT2D eigenvalue weighted by Gasteiger charge is 2.22. The van der Waals surface area contributed by atoms with Gasteiger partial charge in [0.25, 0.3) is 0 Å². The number of carbonyl (C=O) groups excluding carboxylic acids is 1. The SMILES string of the molecule is C=C(C)C(=O)OC(CCC[Si]C)C(O)CO. The van der Waals surface area contributed by atoms with Gasteiger partial charge in [0.05, 0.1) is 6.61 Å². The lowest BCUT2D eigenvalue weighted by Crippen LogP contribution is -2.34. The molecule has 0 aliphatic carbocycles. The lowest BCUT2D eigenvalue weighted by molar-refractivity contribution is -0.152. The first kappa shape index (κ1) is 15.3. The van der Waals surface area contributed by atoms with Crippen molar-refractivity contribution in [1.29, 1.82) is 0 Å². The third-order valence-electron chi connectivity index (χ3n) is 2.14. The van der Waals surface area contributed by atoms with Gasteiger partial charge in [-0.15, -0.1) is 0 Å². The van der Waals surface area contributed by atoms with Crippen LogP contribution in [0.15, 0.2) is 12.2 Å². The molecular formula is C11H20O4Si. The lowest BCUT2D eigenvalue weighted by Gasteiger charge is -2.21. The van der Waals surface area contributed by atoms with Crippen molar-refractivity contribution in [3.63, 3.8) is 0 Å². The van der Waals surface area contributed by atoms with E-state index in [0.717, 1.165) is 22.0 Å². The Morgan fingerprint density at radius 1 is 1.56 bits per heavy atom. The second-order valence-corrected chi connectivity index (χ2v) is 4.93. The minimum Gasteiger partial charge on any atom is -0.456 e. The monoisotopic (exact) mass is 244 g/mol. The Kier molecular flexibility index (Phi) is 8.15. The average Bonchev–Trinajstić information content (AvgIpc) is 2.26. The van der Waals surface area contributed by atoms with Gasteiger partial charge in [0, 0.05) is 15.1 Å². The molecule has 5 heteroatoms. The summed E-state index contributed by atoms with van der Waals surface area (Å²) in [7, 11) is 0.841. The number of esters is 1. The van der Waals surface area contributed by atoms with Crippen molar-refractivity contribution in [2.75, 3.05) is 6.61 Å². The lowest BCUT2D eigenvalue weighted by atomic mass is 10.1. The van der Waals surface area contributed by atoms with Crippen molar-refractivity contribution in [2.45, 2.75) is 44.6 Å². The van der Waals surface area contributed by atoms with Crippen LogP contribution in [0.4, 0.5) is 0 Å². The number of rotatable bonds is 8. The van der Waals surface area contributed by atoms with E-state index in [0.29, 0.717) is 12.0 Å². The molecule has 4 nitrogen and oxygen atoms in total. The van der Waals surface area contributed by atoms with Gasteiger partial charge in [0.1, 0.15) is 12.2 Å². The minimum absolute atomic E-state index is 0.299. The van der Waals surface area contributed by atoms with Gasteiger partial charge in [-0.3, -0.25) is 0 Å². The molecule has 0 saturated carbocycles. The molecule has 2 N–H and O–H groups in total. The molecule has 0 bridgehead atoms. The van der Waals surface area contributed by atoms with Crippen molar-refractivity contribution in [2.24, 2.45) is 0 Å².